The van der Waals surface area contributed by atoms with Crippen molar-refractivity contribution in [1.29, 1.82) is 0 Å². The maximum atomic E-state index is 12.5. The van der Waals surface area contributed by atoms with E-state index in [-0.39, 0.29) is 18.4 Å². The first-order valence-corrected chi connectivity index (χ1v) is 9.70. The molecule has 0 aliphatic carbocycles. The Morgan fingerprint density at radius 1 is 1.21 bits per heavy atom. The van der Waals surface area contributed by atoms with Gasteiger partial charge in [-0.2, -0.15) is 0 Å². The van der Waals surface area contributed by atoms with Crippen molar-refractivity contribution in [2.45, 2.75) is 32.8 Å². The summed E-state index contributed by atoms with van der Waals surface area (Å²) in [6.07, 6.45) is 1.35. The number of anilines is 2. The molecular formula is C22H26N2O5. The van der Waals surface area contributed by atoms with Gasteiger partial charge in [0, 0.05) is 18.3 Å². The molecule has 7 nitrogen and oxygen atoms in total. The van der Waals surface area contributed by atoms with Crippen LogP contribution in [0.1, 0.15) is 26.7 Å². The van der Waals surface area contributed by atoms with E-state index < -0.39 is 6.10 Å². The number of amides is 2. The van der Waals surface area contributed by atoms with Gasteiger partial charge in [-0.3, -0.25) is 9.59 Å². The topological polar surface area (TPSA) is 77.1 Å². The van der Waals surface area contributed by atoms with Gasteiger partial charge in [0.2, 0.25) is 0 Å². The highest BCUT2D eigenvalue weighted by Crippen LogP contribution is 2.36. The summed E-state index contributed by atoms with van der Waals surface area (Å²) in [6, 6.07) is 12.3. The van der Waals surface area contributed by atoms with Gasteiger partial charge < -0.3 is 24.4 Å². The average molecular weight is 398 g/mol. The third-order valence-electron chi connectivity index (χ3n) is 4.60. The molecule has 2 aromatic carbocycles. The summed E-state index contributed by atoms with van der Waals surface area (Å²) in [5.74, 6) is 1.46. The lowest BCUT2D eigenvalue weighted by Gasteiger charge is -2.33. The normalized spacial score (nSPS) is 15.3. The molecule has 1 aliphatic heterocycles. The molecule has 7 heteroatoms. The Hall–Kier alpha value is -3.22. The lowest BCUT2D eigenvalue weighted by Crippen LogP contribution is -2.44. The largest absolute Gasteiger partial charge is 0.497 e. The van der Waals surface area contributed by atoms with Crippen LogP contribution in [0.2, 0.25) is 0 Å². The van der Waals surface area contributed by atoms with Gasteiger partial charge in [0.05, 0.1) is 12.8 Å². The van der Waals surface area contributed by atoms with Crippen LogP contribution in [0.3, 0.4) is 0 Å². The molecule has 0 saturated heterocycles. The Morgan fingerprint density at radius 2 is 2.00 bits per heavy atom. The molecule has 0 radical (unpaired) electrons. The Labute approximate surface area is 170 Å². The lowest BCUT2D eigenvalue weighted by atomic mass is 10.1. The Morgan fingerprint density at radius 3 is 2.76 bits per heavy atom. The standard InChI is InChI=1S/C22H26N2O5/c1-4-5-11-24-19-12-16(9-10-20(19)29-15(2)22(24)26)23-21(25)14-28-18-8-6-7-17(13-18)27-3/h6-10,12-13,15H,4-5,11,14H2,1-3H3,(H,23,25). The molecule has 0 saturated carbocycles. The molecule has 29 heavy (non-hydrogen) atoms. The molecule has 0 spiro atoms. The lowest BCUT2D eigenvalue weighted by molar-refractivity contribution is -0.125. The van der Waals surface area contributed by atoms with Crippen molar-refractivity contribution in [1.82, 2.24) is 0 Å². The predicted molar refractivity (Wildman–Crippen MR) is 111 cm³/mol. The van der Waals surface area contributed by atoms with E-state index in [0.717, 1.165) is 12.8 Å². The molecular weight excluding hydrogens is 372 g/mol. The van der Waals surface area contributed by atoms with E-state index in [9.17, 15) is 9.59 Å². The number of methoxy groups -OCH3 is 1. The first-order valence-electron chi connectivity index (χ1n) is 9.70. The zero-order valence-electron chi connectivity index (χ0n) is 16.9. The molecule has 1 atom stereocenters. The summed E-state index contributed by atoms with van der Waals surface area (Å²) >= 11 is 0. The molecule has 0 bridgehead atoms. The molecule has 2 aromatic rings. The third kappa shape index (κ3) is 4.99. The Kier molecular flexibility index (Phi) is 6.59. The predicted octanol–water partition coefficient (Wildman–Crippen LogP) is 3.63. The molecule has 1 unspecified atom stereocenters. The highest BCUT2D eigenvalue weighted by Gasteiger charge is 2.31. The first kappa shape index (κ1) is 20.5. The van der Waals surface area contributed by atoms with Crippen LogP contribution in [0, 0.1) is 0 Å². The second kappa shape index (κ2) is 9.32. The number of fused-ring (bicyclic) bond motifs is 1. The minimum Gasteiger partial charge on any atom is -0.497 e. The number of hydrogen-bond acceptors (Lipinski definition) is 5. The summed E-state index contributed by atoms with van der Waals surface area (Å²) in [6.45, 7) is 4.30. The van der Waals surface area contributed by atoms with Crippen LogP contribution >= 0.6 is 0 Å². The molecule has 2 amide bonds. The van der Waals surface area contributed by atoms with Crippen LogP contribution in [-0.4, -0.2) is 38.2 Å². The Balaban J connectivity index is 1.67. The van der Waals surface area contributed by atoms with Crippen LogP contribution in [-0.2, 0) is 9.59 Å². The number of carbonyl (C=O) groups excluding carboxylic acids is 2. The minimum atomic E-state index is -0.518. The molecule has 154 valence electrons. The summed E-state index contributed by atoms with van der Waals surface area (Å²) < 4.78 is 16.4. The van der Waals surface area contributed by atoms with Crippen LogP contribution in [0.15, 0.2) is 42.5 Å². The molecule has 1 N–H and O–H groups in total. The molecule has 0 fully saturated rings. The van der Waals surface area contributed by atoms with E-state index in [1.54, 1.807) is 61.4 Å². The van der Waals surface area contributed by atoms with Gasteiger partial charge in [-0.25, -0.2) is 0 Å². The number of rotatable bonds is 8. The van der Waals surface area contributed by atoms with Crippen molar-refractivity contribution >= 4 is 23.2 Å². The minimum absolute atomic E-state index is 0.0733. The zero-order valence-corrected chi connectivity index (χ0v) is 16.9. The molecule has 3 rings (SSSR count). The fourth-order valence-electron chi connectivity index (χ4n) is 3.07. The van der Waals surface area contributed by atoms with E-state index in [0.29, 0.717) is 35.2 Å². The van der Waals surface area contributed by atoms with Gasteiger partial charge in [0.1, 0.15) is 17.2 Å². The van der Waals surface area contributed by atoms with Gasteiger partial charge >= 0.3 is 0 Å². The summed E-state index contributed by atoms with van der Waals surface area (Å²) in [5.41, 5.74) is 1.25. The Bertz CT molecular complexity index is 883. The monoisotopic (exact) mass is 398 g/mol. The summed E-state index contributed by atoms with van der Waals surface area (Å²) in [5, 5.41) is 2.80. The quantitative estimate of drug-likeness (QED) is 0.735. The average Bonchev–Trinajstić information content (AvgIpc) is 2.73. The summed E-state index contributed by atoms with van der Waals surface area (Å²) in [7, 11) is 1.57. The molecule has 0 aromatic heterocycles. The van der Waals surface area contributed by atoms with Crippen molar-refractivity contribution in [3.05, 3.63) is 42.5 Å². The van der Waals surface area contributed by atoms with Crippen LogP contribution in [0.4, 0.5) is 11.4 Å². The highest BCUT2D eigenvalue weighted by atomic mass is 16.5. The number of nitrogens with zero attached hydrogens (tertiary/aromatic N) is 1. The number of unbranched alkanes of at least 4 members (excludes halogenated alkanes) is 1. The van der Waals surface area contributed by atoms with E-state index in [1.165, 1.54) is 0 Å². The number of hydrogen-bond donors (Lipinski definition) is 1. The fourth-order valence-corrected chi connectivity index (χ4v) is 3.07. The zero-order chi connectivity index (χ0) is 20.8. The second-order valence-corrected chi connectivity index (χ2v) is 6.80. The number of benzene rings is 2. The fraction of sp³-hybridized carbons (Fsp3) is 0.364. The van der Waals surface area contributed by atoms with Gasteiger partial charge in [-0.05, 0) is 43.7 Å². The van der Waals surface area contributed by atoms with Gasteiger partial charge in [0.15, 0.2) is 12.7 Å². The van der Waals surface area contributed by atoms with Crippen LogP contribution in [0.25, 0.3) is 0 Å². The number of nitrogens with one attached hydrogen (secondary N) is 1. The van der Waals surface area contributed by atoms with Crippen LogP contribution < -0.4 is 24.4 Å². The highest BCUT2D eigenvalue weighted by molar-refractivity contribution is 6.01. The van der Waals surface area contributed by atoms with Crippen molar-refractivity contribution in [3.8, 4) is 17.2 Å². The van der Waals surface area contributed by atoms with Crippen molar-refractivity contribution in [2.75, 3.05) is 30.5 Å². The van der Waals surface area contributed by atoms with Gasteiger partial charge in [0.25, 0.3) is 11.8 Å². The molecule has 1 aliphatic rings. The van der Waals surface area contributed by atoms with E-state index in [1.807, 2.05) is 0 Å². The first-order chi connectivity index (χ1) is 14.0. The maximum absolute atomic E-state index is 12.5. The smallest absolute Gasteiger partial charge is 0.267 e. The van der Waals surface area contributed by atoms with E-state index in [4.69, 9.17) is 14.2 Å². The van der Waals surface area contributed by atoms with Crippen molar-refractivity contribution in [3.63, 3.8) is 0 Å². The third-order valence-corrected chi connectivity index (χ3v) is 4.60. The molecule has 1 heterocycles. The van der Waals surface area contributed by atoms with Crippen LogP contribution in [0.5, 0.6) is 17.2 Å². The van der Waals surface area contributed by atoms with Crippen molar-refractivity contribution < 1.29 is 23.8 Å². The maximum Gasteiger partial charge on any atom is 0.267 e. The number of ether oxygens (including phenoxy) is 3. The van der Waals surface area contributed by atoms with Crippen molar-refractivity contribution in [2.24, 2.45) is 0 Å². The van der Waals surface area contributed by atoms with E-state index in [2.05, 4.69) is 12.2 Å². The second-order valence-electron chi connectivity index (χ2n) is 6.80. The van der Waals surface area contributed by atoms with Gasteiger partial charge in [-0.1, -0.05) is 19.4 Å². The van der Waals surface area contributed by atoms with Gasteiger partial charge in [-0.15, -0.1) is 0 Å². The summed E-state index contributed by atoms with van der Waals surface area (Å²) in [4.78, 5) is 26.6. The SMILES string of the molecule is CCCCN1C(=O)C(C)Oc2ccc(NC(=O)COc3cccc(OC)c3)cc21. The van der Waals surface area contributed by atoms with E-state index >= 15 is 0 Å². The number of carbonyl (C=O) groups is 2.